The van der Waals surface area contributed by atoms with Crippen LogP contribution in [0.5, 0.6) is 0 Å². The molecule has 30 heavy (non-hydrogen) atoms. The molecule has 0 aliphatic heterocycles. The fourth-order valence-corrected chi connectivity index (χ4v) is 9.34. The molecule has 8 atom stereocenters. The highest BCUT2D eigenvalue weighted by molar-refractivity contribution is 5.19. The largest absolute Gasteiger partial charge is 0.516 e. The van der Waals surface area contributed by atoms with E-state index in [4.69, 9.17) is 0 Å². The SMILES string of the molecule is CC(C)C(C=CO)=CC[C@@H](C)[C@H]1CC[C@H]2[C@@H]3CCC4CCCC[C@]4(C)[C@H]3CC[C@]12C. The molecule has 0 saturated heterocycles. The molecule has 0 amide bonds. The average molecular weight is 413 g/mol. The van der Waals surface area contributed by atoms with E-state index < -0.39 is 0 Å². The van der Waals surface area contributed by atoms with E-state index in [1.165, 1.54) is 82.5 Å². The highest BCUT2D eigenvalue weighted by Gasteiger charge is 2.59. The molecule has 1 unspecified atom stereocenters. The van der Waals surface area contributed by atoms with Crippen LogP contribution in [0.15, 0.2) is 24.0 Å². The number of hydrogen-bond acceptors (Lipinski definition) is 1. The summed E-state index contributed by atoms with van der Waals surface area (Å²) in [6.07, 6.45) is 21.7. The van der Waals surface area contributed by atoms with Gasteiger partial charge in [0.25, 0.3) is 0 Å². The van der Waals surface area contributed by atoms with E-state index in [2.05, 4.69) is 40.7 Å². The Hall–Kier alpha value is -0.720. The highest BCUT2D eigenvalue weighted by Crippen LogP contribution is 2.68. The molecule has 0 bridgehead atoms. The molecule has 0 aromatic heterocycles. The van der Waals surface area contributed by atoms with E-state index in [-0.39, 0.29) is 0 Å². The van der Waals surface area contributed by atoms with Gasteiger partial charge in [-0.1, -0.05) is 53.5 Å². The third kappa shape index (κ3) is 3.71. The van der Waals surface area contributed by atoms with Crippen molar-refractivity contribution in [3.05, 3.63) is 24.0 Å². The van der Waals surface area contributed by atoms with Gasteiger partial charge in [-0.3, -0.25) is 0 Å². The molecule has 4 aliphatic rings. The van der Waals surface area contributed by atoms with Crippen LogP contribution in [-0.2, 0) is 0 Å². The zero-order valence-corrected chi connectivity index (χ0v) is 20.5. The molecule has 4 fully saturated rings. The first-order valence-electron chi connectivity index (χ1n) is 13.3. The molecule has 1 nitrogen and oxygen atoms in total. The van der Waals surface area contributed by atoms with Crippen LogP contribution in [0.1, 0.15) is 105 Å². The van der Waals surface area contributed by atoms with Gasteiger partial charge in [-0.2, -0.15) is 0 Å². The molecule has 0 heterocycles. The lowest BCUT2D eigenvalue weighted by Crippen LogP contribution is -2.53. The maximum atomic E-state index is 9.25. The summed E-state index contributed by atoms with van der Waals surface area (Å²) < 4.78 is 0. The summed E-state index contributed by atoms with van der Waals surface area (Å²) in [5, 5.41) is 9.25. The van der Waals surface area contributed by atoms with Gasteiger partial charge in [0.1, 0.15) is 0 Å². The van der Waals surface area contributed by atoms with Crippen molar-refractivity contribution in [1.82, 2.24) is 0 Å². The van der Waals surface area contributed by atoms with Crippen molar-refractivity contribution < 1.29 is 5.11 Å². The van der Waals surface area contributed by atoms with E-state index in [0.29, 0.717) is 16.7 Å². The van der Waals surface area contributed by atoms with E-state index in [0.717, 1.165) is 35.5 Å². The monoisotopic (exact) mass is 412 g/mol. The van der Waals surface area contributed by atoms with Crippen LogP contribution < -0.4 is 0 Å². The predicted octanol–water partition coefficient (Wildman–Crippen LogP) is 8.72. The molecule has 4 aliphatic carbocycles. The van der Waals surface area contributed by atoms with Crippen LogP contribution in [0.4, 0.5) is 0 Å². The van der Waals surface area contributed by atoms with Crippen LogP contribution in [0.25, 0.3) is 0 Å². The van der Waals surface area contributed by atoms with Gasteiger partial charge in [-0.15, -0.1) is 0 Å². The number of hydrogen-bond donors (Lipinski definition) is 1. The summed E-state index contributed by atoms with van der Waals surface area (Å²) in [5.74, 6) is 6.16. The van der Waals surface area contributed by atoms with Gasteiger partial charge >= 0.3 is 0 Å². The second kappa shape index (κ2) is 8.67. The number of aliphatic hydroxyl groups is 1. The van der Waals surface area contributed by atoms with Crippen LogP contribution in [0.3, 0.4) is 0 Å². The van der Waals surface area contributed by atoms with Crippen molar-refractivity contribution in [2.45, 2.75) is 105 Å². The maximum Gasteiger partial charge on any atom is 0.0794 e. The minimum absolute atomic E-state index is 0.481. The van der Waals surface area contributed by atoms with Crippen molar-refractivity contribution >= 4 is 0 Å². The van der Waals surface area contributed by atoms with Gasteiger partial charge in [0.15, 0.2) is 0 Å². The summed E-state index contributed by atoms with van der Waals surface area (Å²) in [7, 11) is 0. The fraction of sp³-hybridized carbons (Fsp3) is 0.862. The van der Waals surface area contributed by atoms with Gasteiger partial charge in [-0.05, 0) is 122 Å². The molecule has 0 aromatic carbocycles. The van der Waals surface area contributed by atoms with Crippen molar-refractivity contribution in [2.75, 3.05) is 0 Å². The first-order valence-corrected chi connectivity index (χ1v) is 13.3. The summed E-state index contributed by atoms with van der Waals surface area (Å²) in [4.78, 5) is 0. The van der Waals surface area contributed by atoms with Crippen LogP contribution in [-0.4, -0.2) is 5.11 Å². The highest BCUT2D eigenvalue weighted by atomic mass is 16.2. The Balaban J connectivity index is 1.49. The minimum atomic E-state index is 0.481. The zero-order chi connectivity index (χ0) is 21.5. The zero-order valence-electron chi connectivity index (χ0n) is 20.5. The molecular weight excluding hydrogens is 364 g/mol. The second-order valence-electron chi connectivity index (χ2n) is 12.5. The van der Waals surface area contributed by atoms with Gasteiger partial charge in [0.05, 0.1) is 6.26 Å². The summed E-state index contributed by atoms with van der Waals surface area (Å²) >= 11 is 0. The first kappa shape index (κ1) is 22.5. The maximum absolute atomic E-state index is 9.25. The van der Waals surface area contributed by atoms with Crippen LogP contribution in [0, 0.1) is 52.3 Å². The molecule has 0 radical (unpaired) electrons. The molecule has 170 valence electrons. The van der Waals surface area contributed by atoms with Crippen molar-refractivity contribution in [3.8, 4) is 0 Å². The fourth-order valence-electron chi connectivity index (χ4n) is 9.34. The normalized spacial score (nSPS) is 45.3. The Kier molecular flexibility index (Phi) is 6.49. The molecular formula is C29H48O. The van der Waals surface area contributed by atoms with Gasteiger partial charge < -0.3 is 5.11 Å². The second-order valence-corrected chi connectivity index (χ2v) is 12.5. The summed E-state index contributed by atoms with van der Waals surface area (Å²) in [6, 6.07) is 0. The van der Waals surface area contributed by atoms with E-state index >= 15 is 0 Å². The quantitative estimate of drug-likeness (QED) is 0.353. The standard InChI is InChI=1S/C29H48O/c1-20(2)22(16-19-30)10-9-21(3)25-13-14-26-24-12-11-23-8-6-7-17-28(23,4)27(24)15-18-29(25,26)5/h10,16,19-21,23-27,30H,6-9,11-15,17-18H2,1-5H3/t21-,23?,24+,25-,26+,27+,28+,29-/m1/s1. The molecule has 1 N–H and O–H groups in total. The number of fused-ring (bicyclic) bond motifs is 5. The minimum Gasteiger partial charge on any atom is -0.516 e. The Bertz CT molecular complexity index is 659. The summed E-state index contributed by atoms with van der Waals surface area (Å²) in [6.45, 7) is 12.4. The molecule has 0 spiro atoms. The number of allylic oxidation sites excluding steroid dienone is 3. The van der Waals surface area contributed by atoms with Crippen molar-refractivity contribution in [2.24, 2.45) is 52.3 Å². The number of rotatable bonds is 5. The Morgan fingerprint density at radius 2 is 1.67 bits per heavy atom. The topological polar surface area (TPSA) is 20.2 Å². The van der Waals surface area contributed by atoms with Gasteiger partial charge in [0, 0.05) is 0 Å². The van der Waals surface area contributed by atoms with E-state index in [1.54, 1.807) is 0 Å². The van der Waals surface area contributed by atoms with Gasteiger partial charge in [-0.25, -0.2) is 0 Å². The van der Waals surface area contributed by atoms with Crippen molar-refractivity contribution in [1.29, 1.82) is 0 Å². The van der Waals surface area contributed by atoms with Crippen LogP contribution >= 0.6 is 0 Å². The lowest BCUT2D eigenvalue weighted by molar-refractivity contribution is -0.114. The Labute approximate surface area is 186 Å². The smallest absolute Gasteiger partial charge is 0.0794 e. The van der Waals surface area contributed by atoms with E-state index in [1.807, 2.05) is 6.08 Å². The van der Waals surface area contributed by atoms with E-state index in [9.17, 15) is 5.11 Å². The average Bonchev–Trinajstić information content (AvgIpc) is 3.07. The molecule has 0 aromatic rings. The van der Waals surface area contributed by atoms with Crippen molar-refractivity contribution in [3.63, 3.8) is 0 Å². The third-order valence-corrected chi connectivity index (χ3v) is 11.0. The van der Waals surface area contributed by atoms with Gasteiger partial charge in [0.2, 0.25) is 0 Å². The Morgan fingerprint density at radius 3 is 2.40 bits per heavy atom. The molecule has 1 heteroatoms. The number of aliphatic hydroxyl groups excluding tert-OH is 1. The lowest BCUT2D eigenvalue weighted by Gasteiger charge is -2.61. The predicted molar refractivity (Wildman–Crippen MR) is 128 cm³/mol. The first-order chi connectivity index (χ1) is 14.3. The lowest BCUT2D eigenvalue weighted by atomic mass is 9.44. The third-order valence-electron chi connectivity index (χ3n) is 11.0. The molecule has 4 rings (SSSR count). The molecule has 4 saturated carbocycles. The Morgan fingerprint density at radius 1 is 0.900 bits per heavy atom. The summed E-state index contributed by atoms with van der Waals surface area (Å²) in [5.41, 5.74) is 2.52. The van der Waals surface area contributed by atoms with Crippen LogP contribution in [0.2, 0.25) is 0 Å².